The lowest BCUT2D eigenvalue weighted by molar-refractivity contribution is 0.0949. The topological polar surface area (TPSA) is 78.4 Å². The number of carbonyl (C=O) groups is 1. The molecule has 0 spiro atoms. The molecule has 0 bridgehead atoms. The van der Waals surface area contributed by atoms with Crippen LogP contribution >= 0.6 is 0 Å². The fourth-order valence-corrected chi connectivity index (χ4v) is 1.91. The first kappa shape index (κ1) is 13.7. The van der Waals surface area contributed by atoms with Gasteiger partial charge in [-0.1, -0.05) is 0 Å². The highest BCUT2D eigenvalue weighted by Gasteiger charge is 2.30. The predicted octanol–water partition coefficient (Wildman–Crippen LogP) is 0.433. The van der Waals surface area contributed by atoms with Crippen LogP contribution in [0.4, 0.5) is 5.82 Å². The highest BCUT2D eigenvalue weighted by Crippen LogP contribution is 2.33. The zero-order valence-corrected chi connectivity index (χ0v) is 11.3. The molecule has 104 valence electrons. The SMILES string of the molecule is CCNC(=O)c1ccc(N(C)C[C@@H](O)C2CC2)nn1. The Hall–Kier alpha value is -1.69. The van der Waals surface area contributed by atoms with Gasteiger partial charge in [0.15, 0.2) is 11.5 Å². The molecular weight excluding hydrogens is 244 g/mol. The van der Waals surface area contributed by atoms with Crippen LogP contribution in [0.1, 0.15) is 30.3 Å². The number of hydrogen-bond donors (Lipinski definition) is 2. The quantitative estimate of drug-likeness (QED) is 0.779. The van der Waals surface area contributed by atoms with Gasteiger partial charge in [-0.05, 0) is 37.8 Å². The van der Waals surface area contributed by atoms with Crippen LogP contribution in [-0.2, 0) is 0 Å². The standard InChI is InChI=1S/C13H20N4O2/c1-3-14-13(19)10-6-7-12(16-15-10)17(2)8-11(18)9-4-5-9/h6-7,9,11,18H,3-5,8H2,1-2H3,(H,14,19)/t11-/m1/s1. The molecular formula is C13H20N4O2. The number of anilines is 1. The average molecular weight is 264 g/mol. The first-order valence-corrected chi connectivity index (χ1v) is 6.63. The summed E-state index contributed by atoms with van der Waals surface area (Å²) in [7, 11) is 1.86. The fourth-order valence-electron chi connectivity index (χ4n) is 1.91. The zero-order valence-electron chi connectivity index (χ0n) is 11.3. The molecule has 0 radical (unpaired) electrons. The number of aliphatic hydroxyl groups is 1. The van der Waals surface area contributed by atoms with Crippen molar-refractivity contribution in [2.24, 2.45) is 5.92 Å². The Labute approximate surface area is 112 Å². The highest BCUT2D eigenvalue weighted by atomic mass is 16.3. The predicted molar refractivity (Wildman–Crippen MR) is 72.0 cm³/mol. The maximum atomic E-state index is 11.5. The van der Waals surface area contributed by atoms with Crippen molar-refractivity contribution < 1.29 is 9.90 Å². The van der Waals surface area contributed by atoms with Crippen LogP contribution in [0, 0.1) is 5.92 Å². The first-order chi connectivity index (χ1) is 9.11. The molecule has 1 aromatic heterocycles. The number of likely N-dealkylation sites (N-methyl/N-ethyl adjacent to an activating group) is 1. The normalized spacial score (nSPS) is 15.9. The largest absolute Gasteiger partial charge is 0.391 e. The van der Waals surface area contributed by atoms with Gasteiger partial charge in [0.25, 0.3) is 5.91 Å². The van der Waals surface area contributed by atoms with Crippen molar-refractivity contribution in [1.82, 2.24) is 15.5 Å². The summed E-state index contributed by atoms with van der Waals surface area (Å²) in [6.45, 7) is 2.96. The molecule has 1 fully saturated rings. The van der Waals surface area contributed by atoms with E-state index < -0.39 is 0 Å². The number of aromatic nitrogens is 2. The van der Waals surface area contributed by atoms with E-state index >= 15 is 0 Å². The van der Waals surface area contributed by atoms with Crippen LogP contribution in [0.15, 0.2) is 12.1 Å². The molecule has 1 heterocycles. The summed E-state index contributed by atoms with van der Waals surface area (Å²) in [6.07, 6.45) is 1.91. The summed E-state index contributed by atoms with van der Waals surface area (Å²) in [6, 6.07) is 3.39. The van der Waals surface area contributed by atoms with Crippen LogP contribution in [0.2, 0.25) is 0 Å². The van der Waals surface area contributed by atoms with E-state index in [9.17, 15) is 9.90 Å². The van der Waals surface area contributed by atoms with Gasteiger partial charge in [0.1, 0.15) is 0 Å². The summed E-state index contributed by atoms with van der Waals surface area (Å²) in [5.41, 5.74) is 0.307. The Balaban J connectivity index is 1.94. The Morgan fingerprint density at radius 3 is 2.79 bits per heavy atom. The molecule has 2 N–H and O–H groups in total. The minimum Gasteiger partial charge on any atom is -0.391 e. The van der Waals surface area contributed by atoms with Crippen molar-refractivity contribution in [3.63, 3.8) is 0 Å². The lowest BCUT2D eigenvalue weighted by Crippen LogP contribution is -2.31. The number of rotatable bonds is 6. The molecule has 6 heteroatoms. The molecule has 6 nitrogen and oxygen atoms in total. The van der Waals surface area contributed by atoms with Crippen molar-refractivity contribution in [1.29, 1.82) is 0 Å². The van der Waals surface area contributed by atoms with Gasteiger partial charge in [0.05, 0.1) is 6.10 Å². The Morgan fingerprint density at radius 2 is 2.26 bits per heavy atom. The van der Waals surface area contributed by atoms with Crippen LogP contribution in [0.5, 0.6) is 0 Å². The monoisotopic (exact) mass is 264 g/mol. The molecule has 0 aromatic carbocycles. The number of carbonyl (C=O) groups excluding carboxylic acids is 1. The summed E-state index contributed by atoms with van der Waals surface area (Å²) >= 11 is 0. The molecule has 0 unspecified atom stereocenters. The number of nitrogens with one attached hydrogen (secondary N) is 1. The van der Waals surface area contributed by atoms with Gasteiger partial charge in [-0.25, -0.2) is 0 Å². The second-order valence-corrected chi connectivity index (χ2v) is 4.92. The van der Waals surface area contributed by atoms with Gasteiger partial charge in [0.2, 0.25) is 0 Å². The number of aliphatic hydroxyl groups excluding tert-OH is 1. The van der Waals surface area contributed by atoms with Gasteiger partial charge in [0, 0.05) is 20.1 Å². The van der Waals surface area contributed by atoms with E-state index in [4.69, 9.17) is 0 Å². The van der Waals surface area contributed by atoms with Gasteiger partial charge >= 0.3 is 0 Å². The Morgan fingerprint density at radius 1 is 1.53 bits per heavy atom. The van der Waals surface area contributed by atoms with Crippen LogP contribution < -0.4 is 10.2 Å². The Kier molecular flexibility index (Phi) is 4.31. The lowest BCUT2D eigenvalue weighted by Gasteiger charge is -2.21. The molecule has 0 aliphatic heterocycles. The van der Waals surface area contributed by atoms with Gasteiger partial charge in [-0.3, -0.25) is 4.79 Å². The van der Waals surface area contributed by atoms with E-state index in [0.717, 1.165) is 12.8 Å². The van der Waals surface area contributed by atoms with E-state index in [2.05, 4.69) is 15.5 Å². The molecule has 1 saturated carbocycles. The highest BCUT2D eigenvalue weighted by molar-refractivity contribution is 5.92. The Bertz CT molecular complexity index is 431. The van der Waals surface area contributed by atoms with E-state index in [1.54, 1.807) is 12.1 Å². The molecule has 2 rings (SSSR count). The molecule has 1 amide bonds. The van der Waals surface area contributed by atoms with E-state index in [-0.39, 0.29) is 12.0 Å². The second-order valence-electron chi connectivity index (χ2n) is 4.92. The molecule has 1 aliphatic carbocycles. The summed E-state index contributed by atoms with van der Waals surface area (Å²) in [4.78, 5) is 13.4. The van der Waals surface area contributed by atoms with Crippen molar-refractivity contribution in [2.75, 3.05) is 25.0 Å². The third-order valence-corrected chi connectivity index (χ3v) is 3.24. The summed E-state index contributed by atoms with van der Waals surface area (Å²) in [5, 5.41) is 20.5. The molecule has 1 aromatic rings. The maximum Gasteiger partial charge on any atom is 0.271 e. The minimum atomic E-state index is -0.310. The first-order valence-electron chi connectivity index (χ1n) is 6.63. The lowest BCUT2D eigenvalue weighted by atomic mass is 10.2. The van der Waals surface area contributed by atoms with E-state index in [0.29, 0.717) is 30.5 Å². The zero-order chi connectivity index (χ0) is 13.8. The maximum absolute atomic E-state index is 11.5. The molecule has 1 atom stereocenters. The van der Waals surface area contributed by atoms with Crippen LogP contribution in [0.3, 0.4) is 0 Å². The van der Waals surface area contributed by atoms with Crippen molar-refractivity contribution in [2.45, 2.75) is 25.9 Å². The number of hydrogen-bond acceptors (Lipinski definition) is 5. The van der Waals surface area contributed by atoms with Gasteiger partial charge < -0.3 is 15.3 Å². The summed E-state index contributed by atoms with van der Waals surface area (Å²) < 4.78 is 0. The second kappa shape index (κ2) is 5.97. The fraction of sp³-hybridized carbons (Fsp3) is 0.615. The smallest absolute Gasteiger partial charge is 0.271 e. The summed E-state index contributed by atoms with van der Waals surface area (Å²) in [5.74, 6) is 0.875. The molecule has 0 saturated heterocycles. The van der Waals surface area contributed by atoms with E-state index in [1.807, 2.05) is 18.9 Å². The minimum absolute atomic E-state index is 0.220. The molecule has 1 aliphatic rings. The number of nitrogens with zero attached hydrogens (tertiary/aromatic N) is 3. The van der Waals surface area contributed by atoms with Crippen molar-refractivity contribution in [3.8, 4) is 0 Å². The van der Waals surface area contributed by atoms with Gasteiger partial charge in [-0.15, -0.1) is 10.2 Å². The van der Waals surface area contributed by atoms with Crippen LogP contribution in [-0.4, -0.2) is 47.5 Å². The van der Waals surface area contributed by atoms with Crippen molar-refractivity contribution in [3.05, 3.63) is 17.8 Å². The average Bonchev–Trinajstić information content (AvgIpc) is 3.23. The number of amides is 1. The van der Waals surface area contributed by atoms with E-state index in [1.165, 1.54) is 0 Å². The third-order valence-electron chi connectivity index (χ3n) is 3.24. The third kappa shape index (κ3) is 3.64. The van der Waals surface area contributed by atoms with Crippen molar-refractivity contribution >= 4 is 11.7 Å². The van der Waals surface area contributed by atoms with Gasteiger partial charge in [-0.2, -0.15) is 0 Å². The van der Waals surface area contributed by atoms with Crippen LogP contribution in [0.25, 0.3) is 0 Å². The molecule has 19 heavy (non-hydrogen) atoms.